The monoisotopic (exact) mass is 388 g/mol. The summed E-state index contributed by atoms with van der Waals surface area (Å²) in [5.41, 5.74) is 2.85. The van der Waals surface area contributed by atoms with Gasteiger partial charge in [0.15, 0.2) is 11.5 Å². The van der Waals surface area contributed by atoms with Gasteiger partial charge in [0.25, 0.3) is 0 Å². The van der Waals surface area contributed by atoms with E-state index in [2.05, 4.69) is 15.9 Å². The molecule has 2 nitrogen and oxygen atoms in total. The standard InChI is InChI=1S/C16H15BrCl2O2/c1-9-4-5-10(6-13(9)18)16(19)11-7-14(20-2)15(21-3)8-12(11)17/h4-8,16H,1-3H3. The number of hydrogen-bond acceptors (Lipinski definition) is 2. The first-order valence-corrected chi connectivity index (χ1v) is 7.90. The largest absolute Gasteiger partial charge is 0.493 e. The summed E-state index contributed by atoms with van der Waals surface area (Å²) in [5, 5.41) is 0.368. The van der Waals surface area contributed by atoms with E-state index < -0.39 is 0 Å². The molecule has 0 aliphatic carbocycles. The quantitative estimate of drug-likeness (QED) is 0.619. The Morgan fingerprint density at radius 1 is 1.05 bits per heavy atom. The molecule has 0 N–H and O–H groups in total. The number of alkyl halides is 1. The summed E-state index contributed by atoms with van der Waals surface area (Å²) in [7, 11) is 3.20. The van der Waals surface area contributed by atoms with E-state index >= 15 is 0 Å². The summed E-state index contributed by atoms with van der Waals surface area (Å²) in [6.07, 6.45) is 0. The van der Waals surface area contributed by atoms with E-state index in [1.54, 1.807) is 14.2 Å². The van der Waals surface area contributed by atoms with Crippen LogP contribution in [0.25, 0.3) is 0 Å². The zero-order chi connectivity index (χ0) is 15.6. The second-order valence-corrected chi connectivity index (χ2v) is 6.30. The van der Waals surface area contributed by atoms with Gasteiger partial charge in [-0.15, -0.1) is 11.6 Å². The smallest absolute Gasteiger partial charge is 0.161 e. The third-order valence-corrected chi connectivity index (χ3v) is 4.85. The van der Waals surface area contributed by atoms with E-state index in [0.29, 0.717) is 16.5 Å². The highest BCUT2D eigenvalue weighted by Gasteiger charge is 2.18. The number of halogens is 3. The molecule has 0 heterocycles. The molecule has 0 aromatic heterocycles. The molecule has 0 fully saturated rings. The third-order valence-electron chi connectivity index (χ3n) is 3.26. The minimum Gasteiger partial charge on any atom is -0.493 e. The van der Waals surface area contributed by atoms with Gasteiger partial charge >= 0.3 is 0 Å². The lowest BCUT2D eigenvalue weighted by atomic mass is 10.0. The fraction of sp³-hybridized carbons (Fsp3) is 0.250. The Labute approximate surface area is 143 Å². The lowest BCUT2D eigenvalue weighted by molar-refractivity contribution is 0.354. The van der Waals surface area contributed by atoms with Crippen LogP contribution in [-0.4, -0.2) is 14.2 Å². The lowest BCUT2D eigenvalue weighted by Gasteiger charge is -2.16. The summed E-state index contributed by atoms with van der Waals surface area (Å²) in [6, 6.07) is 9.54. The molecule has 2 aromatic rings. The fourth-order valence-corrected chi connectivity index (χ4v) is 3.20. The van der Waals surface area contributed by atoms with Crippen molar-refractivity contribution in [1.29, 1.82) is 0 Å². The second-order valence-electron chi connectivity index (χ2n) is 4.60. The molecule has 0 aliphatic heterocycles. The van der Waals surface area contributed by atoms with E-state index in [-0.39, 0.29) is 5.38 Å². The normalized spacial score (nSPS) is 12.1. The molecule has 0 aliphatic rings. The molecule has 0 saturated heterocycles. The van der Waals surface area contributed by atoms with Gasteiger partial charge in [-0.1, -0.05) is 39.7 Å². The summed E-state index contributed by atoms with van der Waals surface area (Å²) in [5.74, 6) is 1.29. The Hall–Kier alpha value is -0.900. The highest BCUT2D eigenvalue weighted by Crippen LogP contribution is 2.41. The Morgan fingerprint density at radius 3 is 2.24 bits per heavy atom. The average molecular weight is 390 g/mol. The van der Waals surface area contributed by atoms with E-state index in [0.717, 1.165) is 21.2 Å². The Morgan fingerprint density at radius 2 is 1.67 bits per heavy atom. The van der Waals surface area contributed by atoms with E-state index in [1.807, 2.05) is 37.3 Å². The van der Waals surface area contributed by atoms with Gasteiger partial charge in [-0.25, -0.2) is 0 Å². The Kier molecular flexibility index (Phi) is 5.42. The molecule has 2 aromatic carbocycles. The molecule has 1 unspecified atom stereocenters. The van der Waals surface area contributed by atoms with Crippen LogP contribution in [0.5, 0.6) is 11.5 Å². The van der Waals surface area contributed by atoms with Gasteiger partial charge in [-0.3, -0.25) is 0 Å². The molecule has 5 heteroatoms. The number of ether oxygens (including phenoxy) is 2. The van der Waals surface area contributed by atoms with Crippen molar-refractivity contribution in [1.82, 2.24) is 0 Å². The van der Waals surface area contributed by atoms with Crippen molar-refractivity contribution in [2.75, 3.05) is 14.2 Å². The first kappa shape index (κ1) is 16.5. The maximum Gasteiger partial charge on any atom is 0.161 e. The van der Waals surface area contributed by atoms with Gasteiger partial charge in [-0.2, -0.15) is 0 Å². The molecule has 0 spiro atoms. The summed E-state index contributed by atoms with van der Waals surface area (Å²) in [4.78, 5) is 0. The molecular weight excluding hydrogens is 375 g/mol. The minimum atomic E-state index is -0.336. The van der Waals surface area contributed by atoms with Crippen molar-refractivity contribution in [3.05, 3.63) is 56.5 Å². The summed E-state index contributed by atoms with van der Waals surface area (Å²) >= 11 is 16.3. The zero-order valence-electron chi connectivity index (χ0n) is 11.9. The van der Waals surface area contributed by atoms with Crippen molar-refractivity contribution < 1.29 is 9.47 Å². The van der Waals surface area contributed by atoms with Crippen molar-refractivity contribution in [2.45, 2.75) is 12.3 Å². The molecule has 2 rings (SSSR count). The van der Waals surface area contributed by atoms with Crippen LogP contribution < -0.4 is 9.47 Å². The van der Waals surface area contributed by atoms with E-state index in [4.69, 9.17) is 32.7 Å². The number of aryl methyl sites for hydroxylation is 1. The molecule has 0 saturated carbocycles. The van der Waals surface area contributed by atoms with Crippen LogP contribution in [0.1, 0.15) is 22.1 Å². The first-order chi connectivity index (χ1) is 9.97. The first-order valence-electron chi connectivity index (χ1n) is 6.29. The second kappa shape index (κ2) is 6.91. The lowest BCUT2D eigenvalue weighted by Crippen LogP contribution is -1.98. The summed E-state index contributed by atoms with van der Waals surface area (Å²) < 4.78 is 11.5. The number of methoxy groups -OCH3 is 2. The molecule has 0 amide bonds. The topological polar surface area (TPSA) is 18.5 Å². The molecule has 0 bridgehead atoms. The number of hydrogen-bond donors (Lipinski definition) is 0. The van der Waals surface area contributed by atoms with Crippen molar-refractivity contribution >= 4 is 39.1 Å². The predicted octanol–water partition coefficient (Wildman–Crippen LogP) is 5.76. The predicted molar refractivity (Wildman–Crippen MR) is 91.1 cm³/mol. The molecule has 1 atom stereocenters. The maximum atomic E-state index is 6.60. The van der Waals surface area contributed by atoms with Gasteiger partial charge in [0.1, 0.15) is 0 Å². The molecule has 0 radical (unpaired) electrons. The van der Waals surface area contributed by atoms with Gasteiger partial charge in [0.05, 0.1) is 19.6 Å². The average Bonchev–Trinajstić information content (AvgIpc) is 2.49. The van der Waals surface area contributed by atoms with Crippen molar-refractivity contribution in [3.8, 4) is 11.5 Å². The van der Waals surface area contributed by atoms with Crippen LogP contribution in [-0.2, 0) is 0 Å². The maximum absolute atomic E-state index is 6.60. The third kappa shape index (κ3) is 3.47. The Balaban J connectivity index is 2.47. The van der Waals surface area contributed by atoms with E-state index in [9.17, 15) is 0 Å². The number of benzene rings is 2. The van der Waals surface area contributed by atoms with Crippen LogP contribution in [0.3, 0.4) is 0 Å². The van der Waals surface area contributed by atoms with Crippen LogP contribution in [0.2, 0.25) is 5.02 Å². The van der Waals surface area contributed by atoms with Gasteiger partial charge in [0.2, 0.25) is 0 Å². The summed E-state index contributed by atoms with van der Waals surface area (Å²) in [6.45, 7) is 1.96. The van der Waals surface area contributed by atoms with Crippen LogP contribution in [0.4, 0.5) is 0 Å². The van der Waals surface area contributed by atoms with Crippen molar-refractivity contribution in [3.63, 3.8) is 0 Å². The Bertz CT molecular complexity index is 659. The fourth-order valence-electron chi connectivity index (χ4n) is 2.01. The molecule has 21 heavy (non-hydrogen) atoms. The van der Waals surface area contributed by atoms with Gasteiger partial charge in [0, 0.05) is 9.50 Å². The zero-order valence-corrected chi connectivity index (χ0v) is 15.0. The van der Waals surface area contributed by atoms with Crippen LogP contribution >= 0.6 is 39.1 Å². The SMILES string of the molecule is COc1cc(Br)c(C(Cl)c2ccc(C)c(Cl)c2)cc1OC. The van der Waals surface area contributed by atoms with Crippen LogP contribution in [0.15, 0.2) is 34.8 Å². The highest BCUT2D eigenvalue weighted by molar-refractivity contribution is 9.10. The number of rotatable bonds is 4. The molecule has 112 valence electrons. The van der Waals surface area contributed by atoms with Gasteiger partial charge < -0.3 is 9.47 Å². The van der Waals surface area contributed by atoms with Gasteiger partial charge in [-0.05, 0) is 41.8 Å². The van der Waals surface area contributed by atoms with E-state index in [1.165, 1.54) is 0 Å². The van der Waals surface area contributed by atoms with Crippen LogP contribution in [0, 0.1) is 6.92 Å². The highest BCUT2D eigenvalue weighted by atomic mass is 79.9. The minimum absolute atomic E-state index is 0.336. The molecular formula is C16H15BrCl2O2. The van der Waals surface area contributed by atoms with Crippen molar-refractivity contribution in [2.24, 2.45) is 0 Å².